The zero-order valence-corrected chi connectivity index (χ0v) is 9.55. The van der Waals surface area contributed by atoms with Gasteiger partial charge in [-0.3, -0.25) is 0 Å². The van der Waals surface area contributed by atoms with Crippen molar-refractivity contribution in [3.05, 3.63) is 30.3 Å². The molecule has 0 amide bonds. The molecule has 1 atom stereocenters. The van der Waals surface area contributed by atoms with E-state index in [9.17, 15) is 4.21 Å². The van der Waals surface area contributed by atoms with E-state index in [-0.39, 0.29) is 0 Å². The smallest absolute Gasteiger partial charge is 0.293 e. The van der Waals surface area contributed by atoms with Crippen LogP contribution in [0.2, 0.25) is 0 Å². The molecule has 0 N–H and O–H groups in total. The first kappa shape index (κ1) is 10.3. The van der Waals surface area contributed by atoms with Crippen LogP contribution in [0, 0.1) is 0 Å². The molecule has 0 bridgehead atoms. The lowest BCUT2D eigenvalue weighted by Gasteiger charge is -1.95. The van der Waals surface area contributed by atoms with E-state index in [0.717, 1.165) is 11.5 Å². The highest BCUT2D eigenvalue weighted by Crippen LogP contribution is 2.19. The van der Waals surface area contributed by atoms with Crippen molar-refractivity contribution in [1.29, 1.82) is 0 Å². The van der Waals surface area contributed by atoms with E-state index in [4.69, 9.17) is 4.74 Å². The maximum Gasteiger partial charge on any atom is 0.293 e. The highest BCUT2D eigenvalue weighted by atomic mass is 32.2. The SMILES string of the molecule is COc1nc(S(=O)c2ccccc2)ns1. The lowest BCUT2D eigenvalue weighted by atomic mass is 10.4. The van der Waals surface area contributed by atoms with Gasteiger partial charge in [0.15, 0.2) is 0 Å². The van der Waals surface area contributed by atoms with Gasteiger partial charge in [-0.05, 0) is 12.1 Å². The Morgan fingerprint density at radius 1 is 1.33 bits per heavy atom. The molecule has 1 unspecified atom stereocenters. The van der Waals surface area contributed by atoms with E-state index in [2.05, 4.69) is 9.36 Å². The van der Waals surface area contributed by atoms with E-state index in [0.29, 0.717) is 15.2 Å². The lowest BCUT2D eigenvalue weighted by molar-refractivity contribution is 0.409. The molecule has 0 saturated carbocycles. The second-order valence-corrected chi connectivity index (χ2v) is 4.72. The monoisotopic (exact) mass is 240 g/mol. The van der Waals surface area contributed by atoms with Crippen LogP contribution in [-0.2, 0) is 10.8 Å². The minimum absolute atomic E-state index is 0.294. The third-order valence-electron chi connectivity index (χ3n) is 1.69. The molecular formula is C9H8N2O2S2. The predicted molar refractivity (Wildman–Crippen MR) is 57.6 cm³/mol. The van der Waals surface area contributed by atoms with Crippen LogP contribution in [0.3, 0.4) is 0 Å². The molecule has 0 fully saturated rings. The van der Waals surface area contributed by atoms with Gasteiger partial charge in [-0.15, -0.1) is 0 Å². The van der Waals surface area contributed by atoms with Gasteiger partial charge in [-0.2, -0.15) is 9.36 Å². The summed E-state index contributed by atoms with van der Waals surface area (Å²) in [6, 6.07) is 9.09. The van der Waals surface area contributed by atoms with Gasteiger partial charge in [-0.25, -0.2) is 4.21 Å². The number of ether oxygens (including phenoxy) is 1. The van der Waals surface area contributed by atoms with Crippen LogP contribution in [0.5, 0.6) is 5.19 Å². The van der Waals surface area contributed by atoms with E-state index in [1.165, 1.54) is 7.11 Å². The molecule has 0 aliphatic rings. The predicted octanol–water partition coefficient (Wildman–Crippen LogP) is 1.71. The Hall–Kier alpha value is -1.27. The molecule has 1 aromatic heterocycles. The summed E-state index contributed by atoms with van der Waals surface area (Å²) >= 11 is 1.10. The molecule has 0 saturated heterocycles. The highest BCUT2D eigenvalue weighted by molar-refractivity contribution is 7.85. The van der Waals surface area contributed by atoms with Gasteiger partial charge >= 0.3 is 0 Å². The number of rotatable bonds is 3. The number of aromatic nitrogens is 2. The summed E-state index contributed by atoms with van der Waals surface area (Å²) in [6.45, 7) is 0. The number of methoxy groups -OCH3 is 1. The van der Waals surface area contributed by atoms with Crippen LogP contribution in [0.25, 0.3) is 0 Å². The molecule has 4 nitrogen and oxygen atoms in total. The Morgan fingerprint density at radius 3 is 2.67 bits per heavy atom. The maximum absolute atomic E-state index is 11.9. The summed E-state index contributed by atoms with van der Waals surface area (Å²) in [4.78, 5) is 4.68. The van der Waals surface area contributed by atoms with Gasteiger partial charge in [0.05, 0.1) is 7.11 Å². The van der Waals surface area contributed by atoms with Crippen molar-refractivity contribution >= 4 is 22.3 Å². The fourth-order valence-electron chi connectivity index (χ4n) is 1.00. The molecule has 6 heteroatoms. The topological polar surface area (TPSA) is 52.1 Å². The Balaban J connectivity index is 2.29. The normalized spacial score (nSPS) is 12.3. The molecular weight excluding hydrogens is 232 g/mol. The molecule has 1 aromatic carbocycles. The van der Waals surface area contributed by atoms with Crippen LogP contribution < -0.4 is 4.74 Å². The Kier molecular flexibility index (Phi) is 3.08. The first-order chi connectivity index (χ1) is 7.31. The second-order valence-electron chi connectivity index (χ2n) is 2.63. The van der Waals surface area contributed by atoms with E-state index in [1.807, 2.05) is 18.2 Å². The summed E-state index contributed by atoms with van der Waals surface area (Å²) < 4.78 is 20.8. The summed E-state index contributed by atoms with van der Waals surface area (Å²) in [5.41, 5.74) is 0. The van der Waals surface area contributed by atoms with E-state index >= 15 is 0 Å². The van der Waals surface area contributed by atoms with Gasteiger partial charge < -0.3 is 4.74 Å². The number of hydrogen-bond acceptors (Lipinski definition) is 5. The molecule has 2 aromatic rings. The van der Waals surface area contributed by atoms with Crippen molar-refractivity contribution in [2.24, 2.45) is 0 Å². The standard InChI is InChI=1S/C9H8N2O2S2/c1-13-9-10-8(11-14-9)15(12)7-5-3-2-4-6-7/h2-6H,1H3. The van der Waals surface area contributed by atoms with Crippen molar-refractivity contribution < 1.29 is 8.95 Å². The Labute approximate surface area is 93.6 Å². The molecule has 0 spiro atoms. The molecule has 0 radical (unpaired) electrons. The molecule has 2 rings (SSSR count). The van der Waals surface area contributed by atoms with Gasteiger partial charge in [-0.1, -0.05) is 18.2 Å². The highest BCUT2D eigenvalue weighted by Gasteiger charge is 2.13. The molecule has 15 heavy (non-hydrogen) atoms. The van der Waals surface area contributed by atoms with Crippen molar-refractivity contribution in [2.45, 2.75) is 10.1 Å². The van der Waals surface area contributed by atoms with Gasteiger partial charge in [0.2, 0.25) is 5.16 Å². The average molecular weight is 240 g/mol. The second kappa shape index (κ2) is 4.50. The van der Waals surface area contributed by atoms with E-state index in [1.54, 1.807) is 12.1 Å². The number of hydrogen-bond donors (Lipinski definition) is 0. The zero-order valence-electron chi connectivity index (χ0n) is 7.91. The lowest BCUT2D eigenvalue weighted by Crippen LogP contribution is -1.94. The zero-order chi connectivity index (χ0) is 10.7. The third-order valence-corrected chi connectivity index (χ3v) is 3.69. The first-order valence-corrected chi connectivity index (χ1v) is 6.08. The van der Waals surface area contributed by atoms with Crippen LogP contribution in [0.15, 0.2) is 40.4 Å². The summed E-state index contributed by atoms with van der Waals surface area (Å²) in [5, 5.41) is 0.720. The van der Waals surface area contributed by atoms with Crippen LogP contribution in [0.4, 0.5) is 0 Å². The maximum atomic E-state index is 11.9. The summed E-state index contributed by atoms with van der Waals surface area (Å²) in [7, 11) is 0.190. The summed E-state index contributed by atoms with van der Waals surface area (Å²) in [5.74, 6) is 0. The van der Waals surface area contributed by atoms with Crippen LogP contribution in [-0.4, -0.2) is 20.7 Å². The fraction of sp³-hybridized carbons (Fsp3) is 0.111. The van der Waals surface area contributed by atoms with Crippen molar-refractivity contribution in [2.75, 3.05) is 7.11 Å². The van der Waals surface area contributed by atoms with Crippen molar-refractivity contribution in [3.63, 3.8) is 0 Å². The van der Waals surface area contributed by atoms with Crippen molar-refractivity contribution in [1.82, 2.24) is 9.36 Å². The Morgan fingerprint density at radius 2 is 2.07 bits per heavy atom. The van der Waals surface area contributed by atoms with Crippen LogP contribution in [0.1, 0.15) is 0 Å². The minimum Gasteiger partial charge on any atom is -0.472 e. The number of nitrogens with zero attached hydrogens (tertiary/aromatic N) is 2. The first-order valence-electron chi connectivity index (χ1n) is 4.16. The molecule has 78 valence electrons. The largest absolute Gasteiger partial charge is 0.472 e. The summed E-state index contributed by atoms with van der Waals surface area (Å²) in [6.07, 6.45) is 0. The van der Waals surface area contributed by atoms with Gasteiger partial charge in [0.1, 0.15) is 10.8 Å². The van der Waals surface area contributed by atoms with Gasteiger partial charge in [0.25, 0.3) is 5.19 Å². The fourth-order valence-corrected chi connectivity index (χ4v) is 2.62. The number of benzene rings is 1. The van der Waals surface area contributed by atoms with Crippen molar-refractivity contribution in [3.8, 4) is 5.19 Å². The average Bonchev–Trinajstić information content (AvgIpc) is 2.78. The van der Waals surface area contributed by atoms with Crippen LogP contribution >= 0.6 is 11.5 Å². The molecule has 0 aliphatic carbocycles. The van der Waals surface area contributed by atoms with E-state index < -0.39 is 10.8 Å². The molecule has 1 heterocycles. The Bertz CT molecular complexity index is 470. The molecule has 0 aliphatic heterocycles. The third kappa shape index (κ3) is 2.21. The van der Waals surface area contributed by atoms with Gasteiger partial charge in [0, 0.05) is 16.4 Å². The quantitative estimate of drug-likeness (QED) is 0.819. The minimum atomic E-state index is -1.32.